The van der Waals surface area contributed by atoms with Crippen LogP contribution in [0.5, 0.6) is 0 Å². The van der Waals surface area contributed by atoms with E-state index in [9.17, 15) is 14.4 Å². The van der Waals surface area contributed by atoms with E-state index >= 15 is 0 Å². The van der Waals surface area contributed by atoms with Gasteiger partial charge in [0.1, 0.15) is 5.57 Å². The van der Waals surface area contributed by atoms with Crippen LogP contribution < -0.4 is 10.2 Å². The van der Waals surface area contributed by atoms with Gasteiger partial charge in [-0.05, 0) is 59.4 Å². The number of hydrogen-bond acceptors (Lipinski definition) is 4. The molecule has 7 heteroatoms. The Morgan fingerprint density at radius 2 is 1.71 bits per heavy atom. The highest BCUT2D eigenvalue weighted by Crippen LogP contribution is 2.32. The third-order valence-electron chi connectivity index (χ3n) is 6.38. The third-order valence-corrected chi connectivity index (χ3v) is 6.75. The van der Waals surface area contributed by atoms with Crippen LogP contribution in [0.2, 0.25) is 5.02 Å². The average Bonchev–Trinajstić information content (AvgIpc) is 3.25. The Morgan fingerprint density at radius 1 is 0.943 bits per heavy atom. The molecule has 0 saturated carbocycles. The lowest BCUT2D eigenvalue weighted by molar-refractivity contribution is -0.130. The number of fused-ring (bicyclic) bond motifs is 1. The maximum absolute atomic E-state index is 13.0. The van der Waals surface area contributed by atoms with Crippen molar-refractivity contribution in [3.8, 4) is 0 Å². The summed E-state index contributed by atoms with van der Waals surface area (Å²) < 4.78 is 0. The quantitative estimate of drug-likeness (QED) is 0.409. The Morgan fingerprint density at radius 3 is 2.51 bits per heavy atom. The molecule has 0 bridgehead atoms. The zero-order chi connectivity index (χ0) is 24.4. The molecule has 2 heterocycles. The van der Waals surface area contributed by atoms with E-state index < -0.39 is 17.8 Å². The number of halogens is 1. The first-order valence-corrected chi connectivity index (χ1v) is 11.9. The van der Waals surface area contributed by atoms with Gasteiger partial charge in [-0.1, -0.05) is 66.2 Å². The zero-order valence-electron chi connectivity index (χ0n) is 19.0. The summed E-state index contributed by atoms with van der Waals surface area (Å²) in [6.07, 6.45) is 2.94. The minimum atomic E-state index is -0.683. The Bertz CT molecular complexity index is 1340. The van der Waals surface area contributed by atoms with Crippen molar-refractivity contribution in [1.29, 1.82) is 0 Å². The number of urea groups is 1. The summed E-state index contributed by atoms with van der Waals surface area (Å²) in [6.45, 7) is 1.77. The van der Waals surface area contributed by atoms with Crippen molar-refractivity contribution in [3.63, 3.8) is 0 Å². The van der Waals surface area contributed by atoms with Crippen molar-refractivity contribution in [2.24, 2.45) is 0 Å². The molecule has 0 aromatic heterocycles. The Hall–Kier alpha value is -3.90. The van der Waals surface area contributed by atoms with E-state index in [1.54, 1.807) is 6.08 Å². The molecule has 1 N–H and O–H groups in total. The molecule has 0 radical (unpaired) electrons. The topological polar surface area (TPSA) is 69.7 Å². The van der Waals surface area contributed by atoms with Crippen LogP contribution >= 0.6 is 11.6 Å². The summed E-state index contributed by atoms with van der Waals surface area (Å²) in [5.74, 6) is -1.24. The molecule has 6 nitrogen and oxygen atoms in total. The molecular weight excluding hydrogens is 462 g/mol. The van der Waals surface area contributed by atoms with Crippen LogP contribution in [0.3, 0.4) is 0 Å². The molecule has 5 rings (SSSR count). The Balaban J connectivity index is 1.34. The second kappa shape index (κ2) is 9.76. The molecule has 35 heavy (non-hydrogen) atoms. The number of anilines is 1. The van der Waals surface area contributed by atoms with E-state index in [4.69, 9.17) is 11.6 Å². The number of imide groups is 2. The molecule has 2 aliphatic rings. The monoisotopic (exact) mass is 485 g/mol. The van der Waals surface area contributed by atoms with Gasteiger partial charge in [-0.3, -0.25) is 19.8 Å². The predicted octanol–water partition coefficient (Wildman–Crippen LogP) is 4.61. The number of amides is 4. The van der Waals surface area contributed by atoms with Crippen LogP contribution in [0.4, 0.5) is 10.5 Å². The molecule has 0 atom stereocenters. The second-order valence-corrected chi connectivity index (χ2v) is 9.07. The summed E-state index contributed by atoms with van der Waals surface area (Å²) in [5, 5.41) is 3.04. The number of benzene rings is 3. The number of rotatable bonds is 6. The van der Waals surface area contributed by atoms with Crippen molar-refractivity contribution in [2.75, 3.05) is 18.0 Å². The molecule has 3 aromatic carbocycles. The highest BCUT2D eigenvalue weighted by Gasteiger charge is 2.35. The highest BCUT2D eigenvalue weighted by molar-refractivity contribution is 6.31. The Kier molecular flexibility index (Phi) is 6.38. The fraction of sp³-hybridized carbons (Fsp3) is 0.179. The van der Waals surface area contributed by atoms with Gasteiger partial charge in [-0.25, -0.2) is 4.79 Å². The van der Waals surface area contributed by atoms with Gasteiger partial charge < -0.3 is 4.90 Å². The molecule has 1 saturated heterocycles. The van der Waals surface area contributed by atoms with E-state index in [1.807, 2.05) is 72.8 Å². The van der Waals surface area contributed by atoms with Gasteiger partial charge in [0, 0.05) is 30.3 Å². The van der Waals surface area contributed by atoms with Crippen LogP contribution in [-0.2, 0) is 29.0 Å². The summed E-state index contributed by atoms with van der Waals surface area (Å²) >= 11 is 6.34. The molecule has 0 unspecified atom stereocenters. The SMILES string of the molecule is O=C1NC(=O)N(CCc2ccccc2)C(=O)/C1=C/c1ccc2c(c1)CCN2Cc1ccccc1Cl. The lowest BCUT2D eigenvalue weighted by Gasteiger charge is -2.26. The first-order chi connectivity index (χ1) is 17.0. The van der Waals surface area contributed by atoms with Crippen LogP contribution in [0.1, 0.15) is 22.3 Å². The van der Waals surface area contributed by atoms with Gasteiger partial charge in [-0.2, -0.15) is 0 Å². The lowest BCUT2D eigenvalue weighted by Crippen LogP contribution is -2.54. The van der Waals surface area contributed by atoms with Crippen LogP contribution in [0.25, 0.3) is 6.08 Å². The van der Waals surface area contributed by atoms with Gasteiger partial charge in [0.15, 0.2) is 0 Å². The maximum atomic E-state index is 13.0. The minimum Gasteiger partial charge on any atom is -0.367 e. The van der Waals surface area contributed by atoms with Crippen molar-refractivity contribution < 1.29 is 14.4 Å². The van der Waals surface area contributed by atoms with Crippen molar-refractivity contribution >= 4 is 41.2 Å². The van der Waals surface area contributed by atoms with Crippen molar-refractivity contribution in [1.82, 2.24) is 10.2 Å². The number of nitrogens with one attached hydrogen (secondary N) is 1. The summed E-state index contributed by atoms with van der Waals surface area (Å²) in [5.41, 5.74) is 5.05. The average molecular weight is 486 g/mol. The standard InChI is InChI=1S/C28H24ClN3O3/c29-24-9-5-4-8-22(24)18-31-14-13-21-16-20(10-11-25(21)31)17-23-26(33)30-28(35)32(27(23)34)15-12-19-6-2-1-3-7-19/h1-11,16-17H,12-15,18H2,(H,30,33,35)/b23-17+. The first kappa shape index (κ1) is 22.9. The summed E-state index contributed by atoms with van der Waals surface area (Å²) in [6, 6.07) is 22.6. The molecule has 2 aliphatic heterocycles. The first-order valence-electron chi connectivity index (χ1n) is 11.5. The fourth-order valence-electron chi connectivity index (χ4n) is 4.53. The van der Waals surface area contributed by atoms with E-state index in [1.165, 1.54) is 0 Å². The minimum absolute atomic E-state index is 0.0384. The van der Waals surface area contributed by atoms with E-state index in [2.05, 4.69) is 10.2 Å². The number of carbonyl (C=O) groups is 3. The maximum Gasteiger partial charge on any atom is 0.331 e. The third kappa shape index (κ3) is 4.84. The smallest absolute Gasteiger partial charge is 0.331 e. The van der Waals surface area contributed by atoms with Crippen LogP contribution in [0, 0.1) is 0 Å². The zero-order valence-corrected chi connectivity index (χ0v) is 19.8. The van der Waals surface area contributed by atoms with Gasteiger partial charge in [0.05, 0.1) is 0 Å². The van der Waals surface area contributed by atoms with Gasteiger partial charge in [0.2, 0.25) is 0 Å². The molecule has 4 amide bonds. The summed E-state index contributed by atoms with van der Waals surface area (Å²) in [7, 11) is 0. The van der Waals surface area contributed by atoms with Crippen molar-refractivity contribution in [3.05, 3.63) is 106 Å². The number of hydrogen-bond donors (Lipinski definition) is 1. The van der Waals surface area contributed by atoms with E-state index in [0.717, 1.165) is 50.8 Å². The van der Waals surface area contributed by atoms with E-state index in [0.29, 0.717) is 13.0 Å². The van der Waals surface area contributed by atoms with E-state index in [-0.39, 0.29) is 12.1 Å². The van der Waals surface area contributed by atoms with Gasteiger partial charge >= 0.3 is 6.03 Å². The molecule has 0 aliphatic carbocycles. The molecule has 176 valence electrons. The highest BCUT2D eigenvalue weighted by atomic mass is 35.5. The molecule has 1 fully saturated rings. The largest absolute Gasteiger partial charge is 0.367 e. The fourth-order valence-corrected chi connectivity index (χ4v) is 4.72. The second-order valence-electron chi connectivity index (χ2n) is 8.66. The van der Waals surface area contributed by atoms with Gasteiger partial charge in [-0.15, -0.1) is 0 Å². The number of barbiturate groups is 1. The summed E-state index contributed by atoms with van der Waals surface area (Å²) in [4.78, 5) is 41.2. The lowest BCUT2D eigenvalue weighted by atomic mass is 10.0. The van der Waals surface area contributed by atoms with Gasteiger partial charge in [0.25, 0.3) is 11.8 Å². The predicted molar refractivity (Wildman–Crippen MR) is 136 cm³/mol. The molecular formula is C28H24ClN3O3. The number of carbonyl (C=O) groups excluding carboxylic acids is 3. The van der Waals surface area contributed by atoms with Crippen LogP contribution in [-0.4, -0.2) is 35.8 Å². The normalized spacial score (nSPS) is 16.6. The van der Waals surface area contributed by atoms with Crippen molar-refractivity contribution in [2.45, 2.75) is 19.4 Å². The Labute approximate surface area is 208 Å². The molecule has 0 spiro atoms. The van der Waals surface area contributed by atoms with Crippen LogP contribution in [0.15, 0.2) is 78.4 Å². The number of nitrogens with zero attached hydrogens (tertiary/aromatic N) is 2. The molecule has 3 aromatic rings.